The smallest absolute Gasteiger partial charge is 0.183 e. The number of nitrogens with one attached hydrogen (secondary N) is 1. The van der Waals surface area contributed by atoms with E-state index in [2.05, 4.69) is 11.5 Å². The summed E-state index contributed by atoms with van der Waals surface area (Å²) in [6, 6.07) is 0. The van der Waals surface area contributed by atoms with Gasteiger partial charge in [0.2, 0.25) is 0 Å². The lowest BCUT2D eigenvalue weighted by Gasteiger charge is -1.69. The van der Waals surface area contributed by atoms with Crippen LogP contribution >= 0.6 is 0 Å². The summed E-state index contributed by atoms with van der Waals surface area (Å²) in [4.78, 5) is 0. The number of aliphatic hydroxyl groups is 1. The molecule has 0 aromatic heterocycles. The predicted octanol–water partition coefficient (Wildman–Crippen LogP) is -1.55. The van der Waals surface area contributed by atoms with Crippen LogP contribution in [0.2, 0.25) is 0 Å². The summed E-state index contributed by atoms with van der Waals surface area (Å²) >= 11 is 0. The van der Waals surface area contributed by atoms with Crippen LogP contribution in [-0.4, -0.2) is 18.2 Å². The molecule has 0 aromatic rings. The third-order valence-electron chi connectivity index (χ3n) is 0. The number of nitrogens with two attached hydrogens (primary N) is 2. The molecular formula is C2H9N3O. The molecule has 0 rings (SSSR count). The molecule has 0 atom stereocenters. The number of guanidine groups is 1. The molecule has 0 aliphatic heterocycles. The summed E-state index contributed by atoms with van der Waals surface area (Å²) in [5.41, 5.74) is 8.94. The van der Waals surface area contributed by atoms with E-state index in [1.165, 1.54) is 0 Å². The van der Waals surface area contributed by atoms with Gasteiger partial charge in [0.15, 0.2) is 5.96 Å². The number of hydrogen-bond acceptors (Lipinski definition) is 2. The van der Waals surface area contributed by atoms with Crippen molar-refractivity contribution in [2.45, 2.75) is 0 Å². The van der Waals surface area contributed by atoms with E-state index in [0.29, 0.717) is 0 Å². The Morgan fingerprint density at radius 2 is 1.50 bits per heavy atom. The molecule has 6 heavy (non-hydrogen) atoms. The van der Waals surface area contributed by atoms with Crippen molar-refractivity contribution in [1.82, 2.24) is 0 Å². The van der Waals surface area contributed by atoms with Crippen LogP contribution in [0.25, 0.3) is 0 Å². The predicted molar refractivity (Wildman–Crippen MR) is 24.2 cm³/mol. The Labute approximate surface area is 36.3 Å². The van der Waals surface area contributed by atoms with Gasteiger partial charge in [0.25, 0.3) is 0 Å². The zero-order valence-electron chi connectivity index (χ0n) is 3.60. The maximum absolute atomic E-state index is 7.00. The molecule has 0 aromatic carbocycles. The van der Waals surface area contributed by atoms with Crippen molar-refractivity contribution in [3.63, 3.8) is 0 Å². The van der Waals surface area contributed by atoms with Crippen LogP contribution in [0.5, 0.6) is 0 Å². The van der Waals surface area contributed by atoms with Gasteiger partial charge in [-0.25, -0.2) is 0 Å². The first kappa shape index (κ1) is 8.97. The van der Waals surface area contributed by atoms with Crippen LogP contribution in [-0.2, 0) is 0 Å². The van der Waals surface area contributed by atoms with Crippen LogP contribution in [0.15, 0.2) is 0 Å². The van der Waals surface area contributed by atoms with Gasteiger partial charge in [0.05, 0.1) is 0 Å². The lowest BCUT2D eigenvalue weighted by molar-refractivity contribution is 0.399. The molecule has 0 aliphatic rings. The van der Waals surface area contributed by atoms with Crippen molar-refractivity contribution in [1.29, 1.82) is 5.41 Å². The molecule has 0 bridgehead atoms. The monoisotopic (exact) mass is 91.1 g/mol. The molecule has 4 nitrogen and oxygen atoms in total. The Bertz CT molecular complexity index is 31.8. The highest BCUT2D eigenvalue weighted by atomic mass is 16.2. The number of aliphatic hydroxyl groups excluding tert-OH is 1. The van der Waals surface area contributed by atoms with Crippen molar-refractivity contribution in [2.75, 3.05) is 7.11 Å². The van der Waals surface area contributed by atoms with Gasteiger partial charge in [-0.05, 0) is 0 Å². The molecule has 6 N–H and O–H groups in total. The zero-order chi connectivity index (χ0) is 5.58. The van der Waals surface area contributed by atoms with Crippen LogP contribution in [0.4, 0.5) is 0 Å². The quantitative estimate of drug-likeness (QED) is 0.214. The second-order valence-electron chi connectivity index (χ2n) is 0.455. The van der Waals surface area contributed by atoms with E-state index in [0.717, 1.165) is 7.11 Å². The number of hydrogen-bond donors (Lipinski definition) is 4. The van der Waals surface area contributed by atoms with Gasteiger partial charge in [-0.15, -0.1) is 0 Å². The molecule has 0 saturated carbocycles. The summed E-state index contributed by atoms with van der Waals surface area (Å²) in [7, 11) is 1.00. The SMILES string of the molecule is CO.N=C(N)N. The third kappa shape index (κ3) is 27.1. The Hall–Kier alpha value is -0.770. The third-order valence-corrected chi connectivity index (χ3v) is 0. The van der Waals surface area contributed by atoms with Crippen molar-refractivity contribution in [3.8, 4) is 0 Å². The maximum atomic E-state index is 7.00. The molecule has 0 aliphatic carbocycles. The first-order valence-corrected chi connectivity index (χ1v) is 1.27. The average molecular weight is 91.1 g/mol. The number of rotatable bonds is 0. The summed E-state index contributed by atoms with van der Waals surface area (Å²) in [6.45, 7) is 0. The Balaban J connectivity index is 0. The molecule has 0 amide bonds. The van der Waals surface area contributed by atoms with E-state index in [-0.39, 0.29) is 5.96 Å². The molecule has 0 saturated heterocycles. The second-order valence-corrected chi connectivity index (χ2v) is 0.455. The highest BCUT2D eigenvalue weighted by molar-refractivity contribution is 5.71. The zero-order valence-corrected chi connectivity index (χ0v) is 3.60. The van der Waals surface area contributed by atoms with Crippen molar-refractivity contribution < 1.29 is 5.11 Å². The fraction of sp³-hybridized carbons (Fsp3) is 0.500. The van der Waals surface area contributed by atoms with Crippen LogP contribution in [0.1, 0.15) is 0 Å². The summed E-state index contributed by atoms with van der Waals surface area (Å²) in [5, 5.41) is 13.1. The average Bonchev–Trinajstić information content (AvgIpc) is 1.41. The summed E-state index contributed by atoms with van der Waals surface area (Å²) < 4.78 is 0. The lowest BCUT2D eigenvalue weighted by atomic mass is 11.1. The van der Waals surface area contributed by atoms with E-state index < -0.39 is 0 Å². The Kier molecular flexibility index (Phi) is 13.3. The Morgan fingerprint density at radius 3 is 1.50 bits per heavy atom. The van der Waals surface area contributed by atoms with Crippen molar-refractivity contribution in [3.05, 3.63) is 0 Å². The summed E-state index contributed by atoms with van der Waals surface area (Å²) in [5.74, 6) is -0.333. The molecule has 0 radical (unpaired) electrons. The fourth-order valence-corrected chi connectivity index (χ4v) is 0. The van der Waals surface area contributed by atoms with E-state index >= 15 is 0 Å². The van der Waals surface area contributed by atoms with Crippen molar-refractivity contribution in [2.24, 2.45) is 11.5 Å². The molecule has 0 unspecified atom stereocenters. The van der Waals surface area contributed by atoms with Gasteiger partial charge in [-0.3, -0.25) is 5.41 Å². The summed E-state index contributed by atoms with van der Waals surface area (Å²) in [6.07, 6.45) is 0. The highest BCUT2D eigenvalue weighted by Crippen LogP contribution is 1.13. The second kappa shape index (κ2) is 8.87. The topological polar surface area (TPSA) is 96.1 Å². The van der Waals surface area contributed by atoms with Gasteiger partial charge < -0.3 is 16.6 Å². The van der Waals surface area contributed by atoms with E-state index in [4.69, 9.17) is 10.5 Å². The molecule has 4 heteroatoms. The molecule has 0 heterocycles. The van der Waals surface area contributed by atoms with Crippen LogP contribution < -0.4 is 11.5 Å². The van der Waals surface area contributed by atoms with Gasteiger partial charge >= 0.3 is 0 Å². The Morgan fingerprint density at radius 1 is 1.50 bits per heavy atom. The fourth-order valence-electron chi connectivity index (χ4n) is 0. The van der Waals surface area contributed by atoms with E-state index in [1.807, 2.05) is 0 Å². The van der Waals surface area contributed by atoms with Gasteiger partial charge in [-0.1, -0.05) is 0 Å². The van der Waals surface area contributed by atoms with Gasteiger partial charge in [0, 0.05) is 7.11 Å². The molecule has 0 fully saturated rings. The minimum Gasteiger partial charge on any atom is -0.400 e. The van der Waals surface area contributed by atoms with Crippen molar-refractivity contribution >= 4 is 5.96 Å². The highest BCUT2D eigenvalue weighted by Gasteiger charge is 1.52. The van der Waals surface area contributed by atoms with E-state index in [9.17, 15) is 0 Å². The van der Waals surface area contributed by atoms with E-state index in [1.54, 1.807) is 0 Å². The maximum Gasteiger partial charge on any atom is 0.183 e. The van der Waals surface area contributed by atoms with Gasteiger partial charge in [0.1, 0.15) is 0 Å². The first-order chi connectivity index (χ1) is 2.73. The minimum absolute atomic E-state index is 0.333. The largest absolute Gasteiger partial charge is 0.400 e. The van der Waals surface area contributed by atoms with Crippen LogP contribution in [0, 0.1) is 5.41 Å². The molecule has 38 valence electrons. The molecule has 0 spiro atoms. The first-order valence-electron chi connectivity index (χ1n) is 1.27. The van der Waals surface area contributed by atoms with Gasteiger partial charge in [-0.2, -0.15) is 0 Å². The lowest BCUT2D eigenvalue weighted by Crippen LogP contribution is -2.20. The van der Waals surface area contributed by atoms with Crippen LogP contribution in [0.3, 0.4) is 0 Å². The molecular weight excluding hydrogens is 82.0 g/mol. The normalized spacial score (nSPS) is 5.00. The minimum atomic E-state index is -0.333. The standard InChI is InChI=1S/CH5N3.CH4O/c2-1(3)4;1-2/h(H5,2,3,4);2H,1H3.